The predicted octanol–water partition coefficient (Wildman–Crippen LogP) is 3.32. The SMILES string of the molecule is CN(C)C(C)(C)[C@@H]1CN(c2ccc(Nc3ccc(-c4cnc5cnccn45)c4c3C(=O)NC4)nc2)CCO1. The van der Waals surface area contributed by atoms with E-state index in [0.717, 1.165) is 46.9 Å². The molecule has 0 unspecified atom stereocenters. The second kappa shape index (κ2) is 9.38. The molecule has 0 radical (unpaired) electrons. The van der Waals surface area contributed by atoms with Crippen molar-refractivity contribution < 1.29 is 9.53 Å². The van der Waals surface area contributed by atoms with Gasteiger partial charge in [0.25, 0.3) is 5.91 Å². The van der Waals surface area contributed by atoms with Crippen LogP contribution in [0.1, 0.15) is 29.8 Å². The maximum absolute atomic E-state index is 12.9. The summed E-state index contributed by atoms with van der Waals surface area (Å²) in [5.41, 5.74) is 5.93. The van der Waals surface area contributed by atoms with Crippen LogP contribution in [0.25, 0.3) is 16.9 Å². The van der Waals surface area contributed by atoms with Crippen molar-refractivity contribution in [1.82, 2.24) is 29.6 Å². The number of imidazole rings is 1. The molecule has 0 spiro atoms. The van der Waals surface area contributed by atoms with Crippen molar-refractivity contribution in [2.45, 2.75) is 32.0 Å². The smallest absolute Gasteiger partial charge is 0.254 e. The molecular formula is C28H32N8O2. The van der Waals surface area contributed by atoms with Crippen LogP contribution < -0.4 is 15.5 Å². The van der Waals surface area contributed by atoms with Crippen molar-refractivity contribution in [3.8, 4) is 11.3 Å². The van der Waals surface area contributed by atoms with E-state index in [2.05, 4.69) is 69.4 Å². The molecule has 1 aromatic carbocycles. The van der Waals surface area contributed by atoms with Gasteiger partial charge in [-0.3, -0.25) is 14.2 Å². The average Bonchev–Trinajstić information content (AvgIpc) is 3.54. The second-order valence-electron chi connectivity index (χ2n) is 10.5. The van der Waals surface area contributed by atoms with Crippen LogP contribution in [0.2, 0.25) is 0 Å². The lowest BCUT2D eigenvalue weighted by molar-refractivity contribution is -0.0484. The number of morpholine rings is 1. The summed E-state index contributed by atoms with van der Waals surface area (Å²) in [7, 11) is 4.17. The molecule has 10 nitrogen and oxygen atoms in total. The van der Waals surface area contributed by atoms with E-state index in [9.17, 15) is 4.79 Å². The van der Waals surface area contributed by atoms with E-state index in [4.69, 9.17) is 4.74 Å². The number of nitrogens with one attached hydrogen (secondary N) is 2. The molecule has 0 saturated carbocycles. The number of carbonyl (C=O) groups is 1. The van der Waals surface area contributed by atoms with Crippen molar-refractivity contribution in [3.05, 3.63) is 66.4 Å². The third kappa shape index (κ3) is 4.15. The summed E-state index contributed by atoms with van der Waals surface area (Å²) in [6.07, 6.45) is 9.12. The zero-order chi connectivity index (χ0) is 26.4. The topological polar surface area (TPSA) is 99.9 Å². The van der Waals surface area contributed by atoms with Gasteiger partial charge in [-0.2, -0.15) is 0 Å². The highest BCUT2D eigenvalue weighted by atomic mass is 16.5. The van der Waals surface area contributed by atoms with Crippen LogP contribution in [0.5, 0.6) is 0 Å². The first kappa shape index (κ1) is 24.3. The van der Waals surface area contributed by atoms with Crippen LogP contribution in [-0.2, 0) is 11.3 Å². The molecule has 0 bridgehead atoms. The minimum absolute atomic E-state index is 0.0825. The molecule has 1 saturated heterocycles. The first-order valence-electron chi connectivity index (χ1n) is 12.8. The second-order valence-corrected chi connectivity index (χ2v) is 10.5. The highest BCUT2D eigenvalue weighted by Crippen LogP contribution is 2.35. The first-order valence-corrected chi connectivity index (χ1v) is 12.8. The monoisotopic (exact) mass is 512 g/mol. The molecule has 0 aliphatic carbocycles. The molecule has 6 rings (SSSR count). The Morgan fingerprint density at radius 1 is 1.13 bits per heavy atom. The van der Waals surface area contributed by atoms with Gasteiger partial charge in [0.1, 0.15) is 5.82 Å². The number of fused-ring (bicyclic) bond motifs is 2. The molecular weight excluding hydrogens is 480 g/mol. The van der Waals surface area contributed by atoms with Crippen LogP contribution in [0, 0.1) is 0 Å². The van der Waals surface area contributed by atoms with Gasteiger partial charge in [-0.25, -0.2) is 9.97 Å². The average molecular weight is 513 g/mol. The van der Waals surface area contributed by atoms with Gasteiger partial charge in [-0.15, -0.1) is 0 Å². The number of aromatic nitrogens is 4. The summed E-state index contributed by atoms with van der Waals surface area (Å²) in [5, 5.41) is 6.34. The minimum Gasteiger partial charge on any atom is -0.373 e. The van der Waals surface area contributed by atoms with Gasteiger partial charge in [-0.05, 0) is 51.7 Å². The molecule has 4 aromatic rings. The van der Waals surface area contributed by atoms with Crippen LogP contribution in [0.3, 0.4) is 0 Å². The Labute approximate surface area is 221 Å². The summed E-state index contributed by atoms with van der Waals surface area (Å²) in [4.78, 5) is 30.7. The molecule has 196 valence electrons. The first-order chi connectivity index (χ1) is 18.3. The van der Waals surface area contributed by atoms with Gasteiger partial charge in [0, 0.05) is 43.1 Å². The number of carbonyl (C=O) groups excluding carboxylic acids is 1. The fourth-order valence-corrected chi connectivity index (χ4v) is 5.12. The van der Waals surface area contributed by atoms with Gasteiger partial charge >= 0.3 is 0 Å². The number of nitrogens with zero attached hydrogens (tertiary/aromatic N) is 6. The minimum atomic E-state index is -0.0978. The van der Waals surface area contributed by atoms with E-state index in [1.54, 1.807) is 12.4 Å². The number of pyridine rings is 1. The maximum atomic E-state index is 12.9. The molecule has 5 heterocycles. The van der Waals surface area contributed by atoms with Crippen molar-refractivity contribution >= 4 is 28.7 Å². The lowest BCUT2D eigenvalue weighted by Gasteiger charge is -2.45. The largest absolute Gasteiger partial charge is 0.373 e. The number of hydrogen-bond acceptors (Lipinski definition) is 8. The van der Waals surface area contributed by atoms with Gasteiger partial charge in [0.05, 0.1) is 53.9 Å². The van der Waals surface area contributed by atoms with Crippen molar-refractivity contribution in [1.29, 1.82) is 0 Å². The Morgan fingerprint density at radius 3 is 2.79 bits per heavy atom. The Bertz CT molecular complexity index is 1490. The predicted molar refractivity (Wildman–Crippen MR) is 147 cm³/mol. The van der Waals surface area contributed by atoms with E-state index in [0.29, 0.717) is 24.5 Å². The van der Waals surface area contributed by atoms with Crippen LogP contribution in [-0.4, -0.2) is 75.6 Å². The molecule has 2 aliphatic rings. The third-order valence-corrected chi connectivity index (χ3v) is 7.94. The molecule has 10 heteroatoms. The fraction of sp³-hybridized carbons (Fsp3) is 0.357. The van der Waals surface area contributed by atoms with E-state index < -0.39 is 0 Å². The van der Waals surface area contributed by atoms with E-state index in [-0.39, 0.29) is 17.6 Å². The molecule has 2 N–H and O–H groups in total. The summed E-state index contributed by atoms with van der Waals surface area (Å²) < 4.78 is 8.09. The maximum Gasteiger partial charge on any atom is 0.254 e. The van der Waals surface area contributed by atoms with E-state index in [1.807, 2.05) is 41.2 Å². The number of likely N-dealkylation sites (N-methyl/N-ethyl adjacent to an activating group) is 1. The summed E-state index contributed by atoms with van der Waals surface area (Å²) in [6, 6.07) is 7.99. The van der Waals surface area contributed by atoms with Crippen LogP contribution in [0.15, 0.2) is 55.2 Å². The van der Waals surface area contributed by atoms with Crippen molar-refractivity contribution in [2.75, 3.05) is 44.0 Å². The normalized spacial score (nSPS) is 17.7. The van der Waals surface area contributed by atoms with Gasteiger partial charge in [-0.1, -0.05) is 6.07 Å². The van der Waals surface area contributed by atoms with Gasteiger partial charge in [0.15, 0.2) is 5.65 Å². The molecule has 1 fully saturated rings. The lowest BCUT2D eigenvalue weighted by atomic mass is 9.94. The Kier molecular flexibility index (Phi) is 6.00. The third-order valence-electron chi connectivity index (χ3n) is 7.94. The van der Waals surface area contributed by atoms with Crippen molar-refractivity contribution in [3.63, 3.8) is 0 Å². The molecule has 38 heavy (non-hydrogen) atoms. The standard InChI is InChI=1S/C28H32N8O2/c1-28(2,34(3)4)23-17-35(11-12-38-23)18-5-8-24(30-13-18)33-21-7-6-19(20-14-32-27(37)26(20)21)22-15-31-25-16-29-9-10-36(22)25/h5-10,13,15-16,23H,11-12,14,17H2,1-4H3,(H,30,33)(H,32,37)/t23-/m0/s1. The van der Waals surface area contributed by atoms with E-state index in [1.165, 1.54) is 0 Å². The number of benzene rings is 1. The Morgan fingerprint density at radius 2 is 2.00 bits per heavy atom. The highest BCUT2D eigenvalue weighted by molar-refractivity contribution is 6.06. The van der Waals surface area contributed by atoms with E-state index >= 15 is 0 Å². The van der Waals surface area contributed by atoms with Crippen LogP contribution in [0.4, 0.5) is 17.2 Å². The molecule has 3 aromatic heterocycles. The zero-order valence-corrected chi connectivity index (χ0v) is 22.1. The number of hydrogen-bond donors (Lipinski definition) is 2. The number of rotatable bonds is 6. The molecule has 1 atom stereocenters. The van der Waals surface area contributed by atoms with Gasteiger partial charge in [0.2, 0.25) is 0 Å². The number of amides is 1. The zero-order valence-electron chi connectivity index (χ0n) is 22.1. The van der Waals surface area contributed by atoms with Crippen LogP contribution >= 0.6 is 0 Å². The van der Waals surface area contributed by atoms with Crippen molar-refractivity contribution in [2.24, 2.45) is 0 Å². The molecule has 1 amide bonds. The Balaban J connectivity index is 1.24. The quantitative estimate of drug-likeness (QED) is 0.406. The number of ether oxygens (including phenoxy) is 1. The van der Waals surface area contributed by atoms with Gasteiger partial charge < -0.3 is 25.2 Å². The fourth-order valence-electron chi connectivity index (χ4n) is 5.12. The lowest BCUT2D eigenvalue weighted by Crippen LogP contribution is -2.57. The highest BCUT2D eigenvalue weighted by Gasteiger charge is 2.36. The molecule has 2 aliphatic heterocycles. The number of anilines is 3. The summed E-state index contributed by atoms with van der Waals surface area (Å²) >= 11 is 0. The summed E-state index contributed by atoms with van der Waals surface area (Å²) in [5.74, 6) is 0.585. The summed E-state index contributed by atoms with van der Waals surface area (Å²) in [6.45, 7) is 7.18. The Hall–Kier alpha value is -4.02.